The van der Waals surface area contributed by atoms with Crippen molar-refractivity contribution in [3.63, 3.8) is 0 Å². The van der Waals surface area contributed by atoms with Crippen LogP contribution in [0.25, 0.3) is 27.9 Å². The highest BCUT2D eigenvalue weighted by Crippen LogP contribution is 2.36. The number of rotatable bonds is 4. The first-order valence-corrected chi connectivity index (χ1v) is 12.5. The molecule has 0 amide bonds. The van der Waals surface area contributed by atoms with Crippen LogP contribution in [-0.2, 0) is 10.0 Å². The molecule has 34 heavy (non-hydrogen) atoms. The number of nitriles is 1. The van der Waals surface area contributed by atoms with Crippen LogP contribution in [0.15, 0.2) is 47.4 Å². The molecule has 3 heterocycles. The number of sulfonamides is 1. The molecule has 0 radical (unpaired) electrons. The topological polar surface area (TPSA) is 127 Å². The summed E-state index contributed by atoms with van der Waals surface area (Å²) in [5, 5.41) is 9.81. The minimum absolute atomic E-state index is 0.121. The number of fused-ring (bicyclic) bond motifs is 2. The third kappa shape index (κ3) is 3.54. The summed E-state index contributed by atoms with van der Waals surface area (Å²) < 4.78 is 35.6. The smallest absolute Gasteiger partial charge is 0.243 e. The lowest BCUT2D eigenvalue weighted by molar-refractivity contribution is 0.411. The number of aromatic nitrogens is 3. The molecule has 10 heteroatoms. The Hall–Kier alpha value is -3.68. The fraction of sp³-hybridized carbons (Fsp3) is 0.292. The van der Waals surface area contributed by atoms with Crippen LogP contribution in [-0.4, -0.2) is 47.5 Å². The molecule has 0 atom stereocenters. The number of nitrogen functional groups attached to an aromatic ring is 1. The van der Waals surface area contributed by atoms with Gasteiger partial charge in [0.1, 0.15) is 28.7 Å². The van der Waals surface area contributed by atoms with Gasteiger partial charge in [0.05, 0.1) is 28.7 Å². The third-order valence-electron chi connectivity index (χ3n) is 6.20. The number of benzene rings is 2. The van der Waals surface area contributed by atoms with Gasteiger partial charge < -0.3 is 10.5 Å². The molecule has 0 saturated carbocycles. The maximum Gasteiger partial charge on any atom is 0.243 e. The van der Waals surface area contributed by atoms with E-state index in [1.807, 2.05) is 24.3 Å². The van der Waals surface area contributed by atoms with Gasteiger partial charge in [0, 0.05) is 13.1 Å². The SMILES string of the molecule is COc1ccc(S(=O)(=O)N2CCCCCC2)cc1-n1c(N)c(C#N)c2nc3ccccc3nc21. The van der Waals surface area contributed by atoms with Gasteiger partial charge >= 0.3 is 0 Å². The van der Waals surface area contributed by atoms with E-state index in [-0.39, 0.29) is 16.3 Å². The lowest BCUT2D eigenvalue weighted by atomic mass is 10.2. The van der Waals surface area contributed by atoms with E-state index >= 15 is 0 Å². The third-order valence-corrected chi connectivity index (χ3v) is 8.10. The van der Waals surface area contributed by atoms with Crippen molar-refractivity contribution in [2.75, 3.05) is 25.9 Å². The van der Waals surface area contributed by atoms with Crippen LogP contribution < -0.4 is 10.5 Å². The Bertz CT molecular complexity index is 1550. The van der Waals surface area contributed by atoms with E-state index in [1.54, 1.807) is 10.6 Å². The van der Waals surface area contributed by atoms with E-state index in [0.29, 0.717) is 46.7 Å². The average molecular weight is 477 g/mol. The molecule has 4 aromatic rings. The normalized spacial score (nSPS) is 15.3. The molecule has 9 nitrogen and oxygen atoms in total. The Morgan fingerprint density at radius 3 is 2.35 bits per heavy atom. The molecule has 2 N–H and O–H groups in total. The Kier molecular flexibility index (Phi) is 5.59. The number of hydrogen-bond donors (Lipinski definition) is 1. The minimum atomic E-state index is -3.72. The average Bonchev–Trinajstić information content (AvgIpc) is 3.01. The first-order chi connectivity index (χ1) is 16.5. The number of nitrogens with two attached hydrogens (primary N) is 1. The van der Waals surface area contributed by atoms with Crippen LogP contribution >= 0.6 is 0 Å². The number of nitrogens with zero attached hydrogens (tertiary/aromatic N) is 5. The zero-order valence-electron chi connectivity index (χ0n) is 18.7. The quantitative estimate of drug-likeness (QED) is 0.477. The predicted molar refractivity (Wildman–Crippen MR) is 129 cm³/mol. The molecule has 2 aromatic carbocycles. The molecule has 0 spiro atoms. The lowest BCUT2D eigenvalue weighted by Gasteiger charge is -2.21. The second-order valence-corrected chi connectivity index (χ2v) is 10.2. The fourth-order valence-electron chi connectivity index (χ4n) is 4.45. The molecule has 0 unspecified atom stereocenters. The molecule has 5 rings (SSSR count). The van der Waals surface area contributed by atoms with Crippen LogP contribution in [0.2, 0.25) is 0 Å². The van der Waals surface area contributed by atoms with E-state index < -0.39 is 10.0 Å². The van der Waals surface area contributed by atoms with E-state index in [0.717, 1.165) is 25.7 Å². The van der Waals surface area contributed by atoms with Crippen molar-refractivity contribution in [1.82, 2.24) is 18.8 Å². The molecule has 1 fully saturated rings. The van der Waals surface area contributed by atoms with Crippen molar-refractivity contribution < 1.29 is 13.2 Å². The summed E-state index contributed by atoms with van der Waals surface area (Å²) in [6.45, 7) is 0.989. The van der Waals surface area contributed by atoms with Crippen molar-refractivity contribution in [2.24, 2.45) is 0 Å². The Labute approximate surface area is 197 Å². The summed E-state index contributed by atoms with van der Waals surface area (Å²) in [5.41, 5.74) is 8.94. The summed E-state index contributed by atoms with van der Waals surface area (Å²) in [6.07, 6.45) is 3.72. The first kappa shape index (κ1) is 22.1. The van der Waals surface area contributed by atoms with Gasteiger partial charge in [-0.3, -0.25) is 4.57 Å². The summed E-state index contributed by atoms with van der Waals surface area (Å²) in [6, 6.07) is 14.1. The zero-order chi connectivity index (χ0) is 23.9. The van der Waals surface area contributed by atoms with Gasteiger partial charge in [-0.1, -0.05) is 25.0 Å². The highest BCUT2D eigenvalue weighted by atomic mass is 32.2. The van der Waals surface area contributed by atoms with E-state index in [9.17, 15) is 13.7 Å². The Balaban J connectivity index is 1.75. The zero-order valence-corrected chi connectivity index (χ0v) is 19.5. The highest BCUT2D eigenvalue weighted by molar-refractivity contribution is 7.89. The molecular weight excluding hydrogens is 452 g/mol. The van der Waals surface area contributed by atoms with Crippen LogP contribution in [0.4, 0.5) is 5.82 Å². The standard InChI is InChI=1S/C24H24N6O3S/c1-33-21-11-10-16(34(31,32)29-12-6-2-3-7-13-29)14-20(21)30-23(26)17(15-25)22-24(30)28-19-9-5-4-8-18(19)27-22/h4-5,8-11,14H,2-3,6-7,12-13,26H2,1H3. The van der Waals surface area contributed by atoms with Gasteiger partial charge in [-0.2, -0.15) is 9.57 Å². The van der Waals surface area contributed by atoms with Gasteiger partial charge in [-0.05, 0) is 43.2 Å². The Morgan fingerprint density at radius 2 is 1.71 bits per heavy atom. The highest BCUT2D eigenvalue weighted by Gasteiger charge is 2.28. The van der Waals surface area contributed by atoms with Gasteiger partial charge in [-0.15, -0.1) is 0 Å². The number of ether oxygens (including phenoxy) is 1. The maximum absolute atomic E-state index is 13.5. The molecular formula is C24H24N6O3S. The van der Waals surface area contributed by atoms with Crippen molar-refractivity contribution in [2.45, 2.75) is 30.6 Å². The first-order valence-electron chi connectivity index (χ1n) is 11.1. The Morgan fingerprint density at radius 1 is 1.03 bits per heavy atom. The monoisotopic (exact) mass is 476 g/mol. The van der Waals surface area contributed by atoms with Gasteiger partial charge in [0.25, 0.3) is 0 Å². The lowest BCUT2D eigenvalue weighted by Crippen LogP contribution is -2.32. The number of methoxy groups -OCH3 is 1. The summed E-state index contributed by atoms with van der Waals surface area (Å²) in [4.78, 5) is 9.46. The minimum Gasteiger partial charge on any atom is -0.495 e. The molecule has 1 aliphatic heterocycles. The summed E-state index contributed by atoms with van der Waals surface area (Å²) >= 11 is 0. The molecule has 1 aliphatic rings. The fourth-order valence-corrected chi connectivity index (χ4v) is 5.99. The molecule has 1 saturated heterocycles. The number of hydrogen-bond acceptors (Lipinski definition) is 7. The van der Waals surface area contributed by atoms with Crippen LogP contribution in [0.5, 0.6) is 5.75 Å². The van der Waals surface area contributed by atoms with Gasteiger partial charge in [-0.25, -0.2) is 18.4 Å². The molecule has 2 aromatic heterocycles. The number of anilines is 1. The van der Waals surface area contributed by atoms with Crippen LogP contribution in [0.3, 0.4) is 0 Å². The van der Waals surface area contributed by atoms with Crippen molar-refractivity contribution in [3.8, 4) is 17.5 Å². The van der Waals surface area contributed by atoms with Crippen LogP contribution in [0, 0.1) is 11.3 Å². The largest absolute Gasteiger partial charge is 0.495 e. The van der Waals surface area contributed by atoms with Crippen molar-refractivity contribution in [1.29, 1.82) is 5.26 Å². The molecule has 0 aliphatic carbocycles. The maximum atomic E-state index is 13.5. The van der Waals surface area contributed by atoms with Gasteiger partial charge in [0.15, 0.2) is 5.65 Å². The second kappa shape index (κ2) is 8.59. The van der Waals surface area contributed by atoms with E-state index in [1.165, 1.54) is 23.5 Å². The van der Waals surface area contributed by atoms with Crippen LogP contribution in [0.1, 0.15) is 31.2 Å². The van der Waals surface area contributed by atoms with E-state index in [2.05, 4.69) is 11.1 Å². The summed E-state index contributed by atoms with van der Waals surface area (Å²) in [5.74, 6) is 0.522. The molecule has 0 bridgehead atoms. The van der Waals surface area contributed by atoms with Crippen molar-refractivity contribution in [3.05, 3.63) is 48.0 Å². The summed E-state index contributed by atoms with van der Waals surface area (Å²) in [7, 11) is -2.22. The number of para-hydroxylation sites is 2. The van der Waals surface area contributed by atoms with Crippen molar-refractivity contribution >= 4 is 38.0 Å². The van der Waals surface area contributed by atoms with E-state index in [4.69, 9.17) is 15.5 Å². The second-order valence-electron chi connectivity index (χ2n) is 8.24. The molecule has 174 valence electrons. The van der Waals surface area contributed by atoms with Gasteiger partial charge in [0.2, 0.25) is 10.0 Å². The predicted octanol–water partition coefficient (Wildman–Crippen LogP) is 3.60.